The molecule has 1 aliphatic heterocycles. The Kier molecular flexibility index (Phi) is 4.60. The highest BCUT2D eigenvalue weighted by molar-refractivity contribution is 7.10. The van der Waals surface area contributed by atoms with E-state index in [0.29, 0.717) is 12.5 Å². The number of carbonyl (C=O) groups excluding carboxylic acids is 1. The van der Waals surface area contributed by atoms with Crippen LogP contribution in [0.2, 0.25) is 0 Å². The molecule has 0 aliphatic carbocycles. The van der Waals surface area contributed by atoms with Gasteiger partial charge in [-0.25, -0.2) is 0 Å². The van der Waals surface area contributed by atoms with Gasteiger partial charge in [-0.1, -0.05) is 24.3 Å². The Morgan fingerprint density at radius 1 is 1.32 bits per heavy atom. The second-order valence-electron chi connectivity index (χ2n) is 5.85. The first-order valence-electron chi connectivity index (χ1n) is 7.78. The van der Waals surface area contributed by atoms with Crippen molar-refractivity contribution in [2.45, 2.75) is 25.8 Å². The maximum Gasteiger partial charge on any atom is 0.228 e. The Morgan fingerprint density at radius 3 is 2.91 bits per heavy atom. The molecule has 1 aromatic heterocycles. The van der Waals surface area contributed by atoms with E-state index in [2.05, 4.69) is 48.5 Å². The first-order valence-corrected chi connectivity index (χ1v) is 8.66. The van der Waals surface area contributed by atoms with E-state index < -0.39 is 0 Å². The van der Waals surface area contributed by atoms with Crippen molar-refractivity contribution in [3.8, 4) is 0 Å². The van der Waals surface area contributed by atoms with Gasteiger partial charge in [0.15, 0.2) is 0 Å². The van der Waals surface area contributed by atoms with E-state index in [0.717, 1.165) is 25.2 Å². The van der Waals surface area contributed by atoms with Crippen molar-refractivity contribution in [1.82, 2.24) is 4.90 Å². The molecule has 3 nitrogen and oxygen atoms in total. The van der Waals surface area contributed by atoms with Crippen LogP contribution in [0.25, 0.3) is 0 Å². The molecule has 1 aliphatic rings. The SMILES string of the molecule is CC(c1cccs1)N(C)CCC(=O)N1CCc2ccccc21. The molecule has 0 N–H and O–H groups in total. The highest BCUT2D eigenvalue weighted by Gasteiger charge is 2.24. The Balaban J connectivity index is 1.57. The first kappa shape index (κ1) is 15.3. The summed E-state index contributed by atoms with van der Waals surface area (Å²) in [6, 6.07) is 12.8. The van der Waals surface area contributed by atoms with Gasteiger partial charge in [-0.2, -0.15) is 0 Å². The van der Waals surface area contributed by atoms with Crippen molar-refractivity contribution < 1.29 is 4.79 Å². The summed E-state index contributed by atoms with van der Waals surface area (Å²) in [6.45, 7) is 3.81. The Bertz CT molecular complexity index is 638. The van der Waals surface area contributed by atoms with Crippen molar-refractivity contribution in [3.05, 3.63) is 52.2 Å². The topological polar surface area (TPSA) is 23.6 Å². The summed E-state index contributed by atoms with van der Waals surface area (Å²) < 4.78 is 0. The van der Waals surface area contributed by atoms with E-state index in [-0.39, 0.29) is 5.91 Å². The van der Waals surface area contributed by atoms with E-state index >= 15 is 0 Å². The number of rotatable bonds is 5. The zero-order chi connectivity index (χ0) is 15.5. The average molecular weight is 314 g/mol. The van der Waals surface area contributed by atoms with Gasteiger partial charge in [-0.15, -0.1) is 11.3 Å². The normalized spacial score (nSPS) is 15.1. The maximum atomic E-state index is 12.5. The average Bonchev–Trinajstić information content (AvgIpc) is 3.20. The molecule has 4 heteroatoms. The highest BCUT2D eigenvalue weighted by Crippen LogP contribution is 2.28. The van der Waals surface area contributed by atoms with Crippen LogP contribution in [0.3, 0.4) is 0 Å². The minimum Gasteiger partial charge on any atom is -0.312 e. The number of para-hydroxylation sites is 1. The number of hydrogen-bond acceptors (Lipinski definition) is 3. The Labute approximate surface area is 136 Å². The lowest BCUT2D eigenvalue weighted by Gasteiger charge is -2.25. The lowest BCUT2D eigenvalue weighted by Crippen LogP contribution is -2.33. The quantitative estimate of drug-likeness (QED) is 0.840. The number of nitrogens with zero attached hydrogens (tertiary/aromatic N) is 2. The van der Waals surface area contributed by atoms with Gasteiger partial charge < -0.3 is 4.90 Å². The van der Waals surface area contributed by atoms with Gasteiger partial charge in [0.25, 0.3) is 0 Å². The number of thiophene rings is 1. The maximum absolute atomic E-state index is 12.5. The van der Waals surface area contributed by atoms with Crippen molar-refractivity contribution >= 4 is 22.9 Å². The molecule has 1 aromatic carbocycles. The molecule has 1 atom stereocenters. The van der Waals surface area contributed by atoms with Gasteiger partial charge in [0, 0.05) is 36.1 Å². The van der Waals surface area contributed by atoms with Crippen molar-refractivity contribution in [1.29, 1.82) is 0 Å². The summed E-state index contributed by atoms with van der Waals surface area (Å²) >= 11 is 1.77. The number of amides is 1. The minimum absolute atomic E-state index is 0.232. The van der Waals surface area contributed by atoms with Crippen LogP contribution in [0.5, 0.6) is 0 Å². The summed E-state index contributed by atoms with van der Waals surface area (Å²) in [5.41, 5.74) is 2.39. The van der Waals surface area contributed by atoms with Gasteiger partial charge in [0.1, 0.15) is 0 Å². The predicted molar refractivity (Wildman–Crippen MR) is 92.5 cm³/mol. The Morgan fingerprint density at radius 2 is 2.14 bits per heavy atom. The van der Waals surface area contributed by atoms with Gasteiger partial charge in [-0.3, -0.25) is 9.69 Å². The molecule has 116 valence electrons. The lowest BCUT2D eigenvalue weighted by atomic mass is 10.2. The monoisotopic (exact) mass is 314 g/mol. The van der Waals surface area contributed by atoms with E-state index in [4.69, 9.17) is 0 Å². The van der Waals surface area contributed by atoms with Crippen LogP contribution in [0.4, 0.5) is 5.69 Å². The van der Waals surface area contributed by atoms with Crippen LogP contribution in [0, 0.1) is 0 Å². The van der Waals surface area contributed by atoms with Gasteiger partial charge in [-0.05, 0) is 43.5 Å². The number of benzene rings is 1. The molecule has 22 heavy (non-hydrogen) atoms. The molecule has 0 radical (unpaired) electrons. The molecule has 1 amide bonds. The number of anilines is 1. The zero-order valence-electron chi connectivity index (χ0n) is 13.2. The summed E-state index contributed by atoms with van der Waals surface area (Å²) in [4.78, 5) is 18.1. The molecular weight excluding hydrogens is 292 g/mol. The number of carbonyl (C=O) groups is 1. The molecule has 3 rings (SSSR count). The lowest BCUT2D eigenvalue weighted by molar-refractivity contribution is -0.118. The van der Waals surface area contributed by atoms with Crippen LogP contribution in [-0.4, -0.2) is 30.9 Å². The molecule has 0 saturated carbocycles. The fraction of sp³-hybridized carbons (Fsp3) is 0.389. The molecular formula is C18H22N2OS. The van der Waals surface area contributed by atoms with Crippen molar-refractivity contribution in [2.75, 3.05) is 25.0 Å². The van der Waals surface area contributed by atoms with E-state index in [1.807, 2.05) is 17.0 Å². The first-order chi connectivity index (χ1) is 10.7. The van der Waals surface area contributed by atoms with Gasteiger partial charge in [0.2, 0.25) is 5.91 Å². The molecule has 0 fully saturated rings. The van der Waals surface area contributed by atoms with Crippen LogP contribution in [0.15, 0.2) is 41.8 Å². The fourth-order valence-corrected chi connectivity index (χ4v) is 3.79. The summed E-state index contributed by atoms with van der Waals surface area (Å²) in [5, 5.41) is 2.10. The Hall–Kier alpha value is -1.65. The summed E-state index contributed by atoms with van der Waals surface area (Å²) in [5.74, 6) is 0.232. The molecule has 0 spiro atoms. The molecule has 0 bridgehead atoms. The van der Waals surface area contributed by atoms with E-state index in [1.165, 1.54) is 10.4 Å². The van der Waals surface area contributed by atoms with Crippen molar-refractivity contribution in [3.63, 3.8) is 0 Å². The summed E-state index contributed by atoms with van der Waals surface area (Å²) in [7, 11) is 2.09. The zero-order valence-corrected chi connectivity index (χ0v) is 14.0. The van der Waals surface area contributed by atoms with Crippen LogP contribution in [0.1, 0.15) is 29.8 Å². The summed E-state index contributed by atoms with van der Waals surface area (Å²) in [6.07, 6.45) is 1.55. The predicted octanol–water partition coefficient (Wildman–Crippen LogP) is 3.72. The smallest absolute Gasteiger partial charge is 0.228 e. The van der Waals surface area contributed by atoms with E-state index in [1.54, 1.807) is 11.3 Å². The van der Waals surface area contributed by atoms with Crippen molar-refractivity contribution in [2.24, 2.45) is 0 Å². The molecule has 0 saturated heterocycles. The van der Waals surface area contributed by atoms with Crippen LogP contribution >= 0.6 is 11.3 Å². The van der Waals surface area contributed by atoms with Crippen LogP contribution < -0.4 is 4.90 Å². The third-order valence-electron chi connectivity index (χ3n) is 4.48. The standard InChI is InChI=1S/C18H22N2OS/c1-14(17-8-5-13-22-17)19(2)11-10-18(21)20-12-9-15-6-3-4-7-16(15)20/h3-8,13-14H,9-12H2,1-2H3. The number of fused-ring (bicyclic) bond motifs is 1. The van der Waals surface area contributed by atoms with Crippen LogP contribution in [-0.2, 0) is 11.2 Å². The fourth-order valence-electron chi connectivity index (χ4n) is 2.94. The molecule has 2 heterocycles. The second kappa shape index (κ2) is 6.63. The number of hydrogen-bond donors (Lipinski definition) is 0. The minimum atomic E-state index is 0.232. The molecule has 1 unspecified atom stereocenters. The second-order valence-corrected chi connectivity index (χ2v) is 6.83. The highest BCUT2D eigenvalue weighted by atomic mass is 32.1. The van der Waals surface area contributed by atoms with Gasteiger partial charge >= 0.3 is 0 Å². The third kappa shape index (κ3) is 3.08. The van der Waals surface area contributed by atoms with E-state index in [9.17, 15) is 4.79 Å². The largest absolute Gasteiger partial charge is 0.312 e. The molecule has 2 aromatic rings. The van der Waals surface area contributed by atoms with Gasteiger partial charge in [0.05, 0.1) is 0 Å². The third-order valence-corrected chi connectivity index (χ3v) is 5.53.